The Kier molecular flexibility index (Phi) is 3.82. The smallest absolute Gasteiger partial charge is 0.255 e. The van der Waals surface area contributed by atoms with E-state index in [9.17, 15) is 8.42 Å². The predicted molar refractivity (Wildman–Crippen MR) is 103 cm³/mol. The van der Waals surface area contributed by atoms with Gasteiger partial charge in [-0.15, -0.1) is 5.10 Å². The third kappa shape index (κ3) is 2.84. The Morgan fingerprint density at radius 1 is 1.37 bits per heavy atom. The third-order valence-electron chi connectivity index (χ3n) is 5.91. The molecule has 27 heavy (non-hydrogen) atoms. The van der Waals surface area contributed by atoms with Crippen molar-refractivity contribution < 1.29 is 8.42 Å². The maximum Gasteiger partial charge on any atom is 0.255 e. The molecule has 0 amide bonds. The molecule has 1 N–H and O–H groups in total. The van der Waals surface area contributed by atoms with Crippen molar-refractivity contribution >= 4 is 38.3 Å². The Labute approximate surface area is 157 Å². The van der Waals surface area contributed by atoms with Crippen LogP contribution in [-0.2, 0) is 10.0 Å². The van der Waals surface area contributed by atoms with E-state index in [1.54, 1.807) is 12.4 Å². The molecule has 3 aromatic heterocycles. The average molecular weight is 386 g/mol. The van der Waals surface area contributed by atoms with Gasteiger partial charge >= 0.3 is 0 Å². The number of sulfonamides is 1. The Hall–Kier alpha value is -2.29. The number of nitrogens with one attached hydrogen (secondary N) is 1. The van der Waals surface area contributed by atoms with E-state index in [1.165, 1.54) is 0 Å². The molecule has 2 saturated carbocycles. The summed E-state index contributed by atoms with van der Waals surface area (Å²) < 4.78 is 30.1. The first-order valence-electron chi connectivity index (χ1n) is 9.53. The molecule has 0 saturated heterocycles. The fraction of sp³-hybridized carbons (Fsp3) is 0.556. The minimum absolute atomic E-state index is 0.149. The van der Waals surface area contributed by atoms with Crippen molar-refractivity contribution in [2.75, 3.05) is 0 Å². The lowest BCUT2D eigenvalue weighted by Crippen LogP contribution is -2.15. The van der Waals surface area contributed by atoms with Crippen molar-refractivity contribution in [2.45, 2.75) is 50.3 Å². The summed E-state index contributed by atoms with van der Waals surface area (Å²) >= 11 is 0. The normalized spacial score (nSPS) is 26.6. The highest BCUT2D eigenvalue weighted by molar-refractivity contribution is 7.91. The van der Waals surface area contributed by atoms with Crippen LogP contribution in [0.1, 0.15) is 45.1 Å². The first-order valence-corrected chi connectivity index (χ1v) is 11.0. The lowest BCUT2D eigenvalue weighted by atomic mass is 10.00. The second kappa shape index (κ2) is 6.12. The molecule has 2 aliphatic carbocycles. The molecule has 8 nitrogen and oxygen atoms in total. The van der Waals surface area contributed by atoms with Gasteiger partial charge in [0.25, 0.3) is 10.0 Å². The van der Waals surface area contributed by atoms with E-state index < -0.39 is 10.0 Å². The number of aromatic amines is 1. The Bertz CT molecular complexity index is 1130. The number of nitrogens with zero attached hydrogens (tertiary/aromatic N) is 5. The molecule has 1 unspecified atom stereocenters. The zero-order chi connectivity index (χ0) is 18.6. The molecule has 0 radical (unpaired) electrons. The summed E-state index contributed by atoms with van der Waals surface area (Å²) in [6.07, 6.45) is 9.54. The van der Waals surface area contributed by atoms with Crippen LogP contribution >= 0.6 is 0 Å². The van der Waals surface area contributed by atoms with Gasteiger partial charge in [-0.2, -0.15) is 4.40 Å². The SMILES string of the molecule is CC[C@@H]1CC(/C=N\S(=O)(=O)C2CC2)C[C@@H]1n1nnc2cnc3[nH]ccc3c21. The highest BCUT2D eigenvalue weighted by Gasteiger charge is 2.38. The van der Waals surface area contributed by atoms with Crippen LogP contribution in [0.3, 0.4) is 0 Å². The molecule has 9 heteroatoms. The van der Waals surface area contributed by atoms with Gasteiger partial charge in [0.1, 0.15) is 16.7 Å². The monoisotopic (exact) mass is 386 g/mol. The number of fused-ring (bicyclic) bond motifs is 3. The zero-order valence-electron chi connectivity index (χ0n) is 15.1. The van der Waals surface area contributed by atoms with Gasteiger partial charge in [-0.1, -0.05) is 18.6 Å². The highest BCUT2D eigenvalue weighted by atomic mass is 32.2. The molecular formula is C18H22N6O2S. The summed E-state index contributed by atoms with van der Waals surface area (Å²) in [7, 11) is -3.30. The largest absolute Gasteiger partial charge is 0.346 e. The molecule has 142 valence electrons. The summed E-state index contributed by atoms with van der Waals surface area (Å²) in [6, 6.07) is 2.18. The predicted octanol–water partition coefficient (Wildman–Crippen LogP) is 2.85. The van der Waals surface area contributed by atoms with Gasteiger partial charge in [0.05, 0.1) is 17.5 Å². The average Bonchev–Trinajstić information content (AvgIpc) is 3.11. The number of hydrogen-bond acceptors (Lipinski definition) is 5. The first kappa shape index (κ1) is 16.9. The molecule has 3 heterocycles. The van der Waals surface area contributed by atoms with Crippen LogP contribution in [0.5, 0.6) is 0 Å². The van der Waals surface area contributed by atoms with Crippen LogP contribution in [0.15, 0.2) is 22.9 Å². The van der Waals surface area contributed by atoms with Gasteiger partial charge in [0.2, 0.25) is 0 Å². The van der Waals surface area contributed by atoms with Crippen molar-refractivity contribution in [2.24, 2.45) is 16.2 Å². The van der Waals surface area contributed by atoms with E-state index >= 15 is 0 Å². The molecule has 0 spiro atoms. The fourth-order valence-electron chi connectivity index (χ4n) is 4.30. The van der Waals surface area contributed by atoms with Crippen molar-refractivity contribution in [1.82, 2.24) is 25.0 Å². The van der Waals surface area contributed by atoms with Gasteiger partial charge in [-0.05, 0) is 43.6 Å². The standard InChI is InChI=1S/C18H22N6O2S/c1-2-12-7-11(9-21-27(25,26)13-3-4-13)8-16(12)24-17-14-5-6-19-18(14)20-10-15(17)22-23-24/h5-6,9-13,16H,2-4,7-8H2,1H3,(H,19,20)/b21-9-/t11?,12-,16+/m1/s1. The quantitative estimate of drug-likeness (QED) is 0.679. The summed E-state index contributed by atoms with van der Waals surface area (Å²) in [5.74, 6) is 0.563. The molecule has 2 aliphatic rings. The van der Waals surface area contributed by atoms with Crippen LogP contribution in [0, 0.1) is 11.8 Å². The number of pyridine rings is 1. The van der Waals surface area contributed by atoms with Crippen molar-refractivity contribution in [3.8, 4) is 0 Å². The lowest BCUT2D eigenvalue weighted by molar-refractivity contribution is 0.346. The summed E-state index contributed by atoms with van der Waals surface area (Å²) in [4.78, 5) is 7.52. The number of rotatable bonds is 5. The Balaban J connectivity index is 1.48. The van der Waals surface area contributed by atoms with Crippen LogP contribution < -0.4 is 0 Å². The van der Waals surface area contributed by atoms with Crippen molar-refractivity contribution in [3.05, 3.63) is 18.5 Å². The molecule has 3 atom stereocenters. The third-order valence-corrected chi connectivity index (χ3v) is 7.64. The molecule has 0 bridgehead atoms. The van der Waals surface area contributed by atoms with Gasteiger partial charge in [-0.3, -0.25) is 0 Å². The number of hydrogen-bond donors (Lipinski definition) is 1. The van der Waals surface area contributed by atoms with E-state index in [4.69, 9.17) is 0 Å². The lowest BCUT2D eigenvalue weighted by Gasteiger charge is -2.18. The minimum atomic E-state index is -3.30. The minimum Gasteiger partial charge on any atom is -0.346 e. The molecule has 0 aromatic carbocycles. The number of aromatic nitrogens is 5. The maximum absolute atomic E-state index is 12.1. The van der Waals surface area contributed by atoms with Crippen molar-refractivity contribution in [3.63, 3.8) is 0 Å². The van der Waals surface area contributed by atoms with E-state index in [1.807, 2.05) is 16.9 Å². The second-order valence-electron chi connectivity index (χ2n) is 7.70. The van der Waals surface area contributed by atoms with E-state index in [0.29, 0.717) is 5.92 Å². The van der Waals surface area contributed by atoms with Crippen LogP contribution in [0.2, 0.25) is 0 Å². The zero-order valence-corrected chi connectivity index (χ0v) is 15.9. The summed E-state index contributed by atoms with van der Waals surface area (Å²) in [6.45, 7) is 2.17. The highest BCUT2D eigenvalue weighted by Crippen LogP contribution is 2.42. The summed E-state index contributed by atoms with van der Waals surface area (Å²) in [5.41, 5.74) is 2.60. The van der Waals surface area contributed by atoms with Gasteiger partial charge in [-0.25, -0.2) is 18.1 Å². The van der Waals surface area contributed by atoms with Crippen LogP contribution in [0.25, 0.3) is 22.1 Å². The maximum atomic E-state index is 12.1. The van der Waals surface area contributed by atoms with Gasteiger partial charge in [0, 0.05) is 17.8 Å². The fourth-order valence-corrected chi connectivity index (χ4v) is 5.54. The molecule has 3 aromatic rings. The van der Waals surface area contributed by atoms with Crippen molar-refractivity contribution in [1.29, 1.82) is 0 Å². The first-order chi connectivity index (χ1) is 13.1. The molecule has 2 fully saturated rings. The van der Waals surface area contributed by atoms with Crippen LogP contribution in [-0.4, -0.2) is 44.8 Å². The summed E-state index contributed by atoms with van der Waals surface area (Å²) in [5, 5.41) is 9.51. The van der Waals surface area contributed by atoms with E-state index in [2.05, 4.69) is 31.6 Å². The molecular weight excluding hydrogens is 364 g/mol. The Morgan fingerprint density at radius 2 is 2.22 bits per heavy atom. The molecule has 5 rings (SSSR count). The van der Waals surface area contributed by atoms with Gasteiger partial charge < -0.3 is 4.98 Å². The van der Waals surface area contributed by atoms with E-state index in [-0.39, 0.29) is 17.2 Å². The second-order valence-corrected chi connectivity index (χ2v) is 9.61. The van der Waals surface area contributed by atoms with E-state index in [0.717, 1.165) is 54.2 Å². The van der Waals surface area contributed by atoms with Crippen LogP contribution in [0.4, 0.5) is 0 Å². The topological polar surface area (TPSA) is 106 Å². The molecule has 0 aliphatic heterocycles. The Morgan fingerprint density at radius 3 is 3.00 bits per heavy atom. The number of H-pyrrole nitrogens is 1. The van der Waals surface area contributed by atoms with Gasteiger partial charge in [0.15, 0.2) is 0 Å².